The Bertz CT molecular complexity index is 833. The first-order chi connectivity index (χ1) is 11.4. The highest BCUT2D eigenvalue weighted by Crippen LogP contribution is 2.44. The summed E-state index contributed by atoms with van der Waals surface area (Å²) in [4.78, 5) is 0. The van der Waals surface area contributed by atoms with Crippen molar-refractivity contribution >= 4 is 6.08 Å². The van der Waals surface area contributed by atoms with E-state index in [0.29, 0.717) is 12.4 Å². The molecular weight excluding hydrogens is 300 g/mol. The van der Waals surface area contributed by atoms with Crippen LogP contribution < -0.4 is 9.47 Å². The minimum Gasteiger partial charge on any atom is -0.508 e. The molecule has 0 aromatic heterocycles. The molecule has 0 fully saturated rings. The van der Waals surface area contributed by atoms with E-state index in [4.69, 9.17) is 9.47 Å². The van der Waals surface area contributed by atoms with Crippen LogP contribution in [0.1, 0.15) is 42.0 Å². The number of phenolic OH excluding ortho intramolecular Hbond substituents is 1. The summed E-state index contributed by atoms with van der Waals surface area (Å²) in [6, 6.07) is 9.97. The van der Waals surface area contributed by atoms with Gasteiger partial charge in [-0.05, 0) is 62.6 Å². The molecule has 2 aromatic carbocycles. The molecule has 1 N–H and O–H groups in total. The number of fused-ring (bicyclic) bond motifs is 3. The third-order valence-electron chi connectivity index (χ3n) is 4.78. The number of ether oxygens (including phenoxy) is 2. The molecule has 4 rings (SSSR count). The Morgan fingerprint density at radius 1 is 1.17 bits per heavy atom. The molecule has 0 saturated heterocycles. The van der Waals surface area contributed by atoms with Gasteiger partial charge in [-0.1, -0.05) is 18.2 Å². The van der Waals surface area contributed by atoms with Gasteiger partial charge < -0.3 is 14.6 Å². The van der Waals surface area contributed by atoms with Gasteiger partial charge in [-0.25, -0.2) is 0 Å². The smallest absolute Gasteiger partial charge is 0.133 e. The Kier molecular flexibility index (Phi) is 3.34. The fourth-order valence-electron chi connectivity index (χ4n) is 3.51. The van der Waals surface area contributed by atoms with Crippen LogP contribution in [0.5, 0.6) is 17.2 Å². The molecule has 0 radical (unpaired) electrons. The van der Waals surface area contributed by atoms with Crippen LogP contribution >= 0.6 is 0 Å². The van der Waals surface area contributed by atoms with Gasteiger partial charge in [-0.2, -0.15) is 0 Å². The van der Waals surface area contributed by atoms with E-state index in [9.17, 15) is 5.11 Å². The van der Waals surface area contributed by atoms with Crippen LogP contribution in [-0.2, 0) is 6.42 Å². The zero-order chi connectivity index (χ0) is 16.9. The van der Waals surface area contributed by atoms with Crippen LogP contribution in [0, 0.1) is 6.92 Å². The third-order valence-corrected chi connectivity index (χ3v) is 4.78. The average molecular weight is 322 g/mol. The Labute approximate surface area is 142 Å². The van der Waals surface area contributed by atoms with Crippen LogP contribution in [0.3, 0.4) is 0 Å². The van der Waals surface area contributed by atoms with Crippen LogP contribution in [0.4, 0.5) is 0 Å². The fraction of sp³-hybridized carbons (Fsp3) is 0.333. The summed E-state index contributed by atoms with van der Waals surface area (Å²) in [5.41, 5.74) is 3.92. The molecule has 0 saturated carbocycles. The number of aromatic hydroxyl groups is 1. The van der Waals surface area contributed by atoms with Crippen LogP contribution in [0.15, 0.2) is 36.4 Å². The minimum absolute atomic E-state index is 0.168. The van der Waals surface area contributed by atoms with Gasteiger partial charge in [0.15, 0.2) is 0 Å². The molecule has 0 unspecified atom stereocenters. The molecule has 0 bridgehead atoms. The Morgan fingerprint density at radius 3 is 2.79 bits per heavy atom. The van der Waals surface area contributed by atoms with E-state index in [-0.39, 0.29) is 11.5 Å². The molecule has 24 heavy (non-hydrogen) atoms. The van der Waals surface area contributed by atoms with E-state index >= 15 is 0 Å². The van der Waals surface area contributed by atoms with E-state index in [1.54, 1.807) is 0 Å². The van der Waals surface area contributed by atoms with E-state index in [0.717, 1.165) is 40.2 Å². The van der Waals surface area contributed by atoms with E-state index in [1.807, 2.05) is 45.0 Å². The lowest BCUT2D eigenvalue weighted by Crippen LogP contribution is -2.28. The molecule has 0 aliphatic carbocycles. The van der Waals surface area contributed by atoms with Gasteiger partial charge in [-0.3, -0.25) is 0 Å². The van der Waals surface area contributed by atoms with Crippen molar-refractivity contribution in [3.05, 3.63) is 58.7 Å². The minimum atomic E-state index is -0.286. The standard InChI is InChI=1S/C21H22O3/c1-13-4-6-16(18(22)10-13)15-11-14-5-7-19-17(20(14)23-12-15)8-9-21(2,3)24-19/h4-10,15,22H,11-12H2,1-3H3/t15-/m0/s1. The summed E-state index contributed by atoms with van der Waals surface area (Å²) in [5.74, 6) is 2.32. The summed E-state index contributed by atoms with van der Waals surface area (Å²) in [6.07, 6.45) is 5.02. The fourth-order valence-corrected chi connectivity index (χ4v) is 3.51. The van der Waals surface area contributed by atoms with Crippen molar-refractivity contribution in [2.45, 2.75) is 38.7 Å². The molecule has 2 heterocycles. The molecule has 0 spiro atoms. The Hall–Kier alpha value is -2.42. The number of hydrogen-bond donors (Lipinski definition) is 1. The third kappa shape index (κ3) is 2.54. The number of hydrogen-bond acceptors (Lipinski definition) is 3. The summed E-state index contributed by atoms with van der Waals surface area (Å²) < 4.78 is 12.1. The van der Waals surface area contributed by atoms with Gasteiger partial charge in [0.2, 0.25) is 0 Å². The number of benzene rings is 2. The van der Waals surface area contributed by atoms with Gasteiger partial charge in [-0.15, -0.1) is 0 Å². The maximum Gasteiger partial charge on any atom is 0.133 e. The van der Waals surface area contributed by atoms with Gasteiger partial charge in [0, 0.05) is 11.5 Å². The zero-order valence-electron chi connectivity index (χ0n) is 14.3. The van der Waals surface area contributed by atoms with Crippen molar-refractivity contribution in [3.63, 3.8) is 0 Å². The molecule has 2 aliphatic rings. The number of aryl methyl sites for hydroxylation is 1. The van der Waals surface area contributed by atoms with Crippen molar-refractivity contribution in [3.8, 4) is 17.2 Å². The maximum atomic E-state index is 10.3. The first-order valence-corrected chi connectivity index (χ1v) is 8.39. The Morgan fingerprint density at radius 2 is 2.00 bits per heavy atom. The Balaban J connectivity index is 1.67. The summed E-state index contributed by atoms with van der Waals surface area (Å²) >= 11 is 0. The van der Waals surface area contributed by atoms with E-state index in [2.05, 4.69) is 18.2 Å². The quantitative estimate of drug-likeness (QED) is 0.833. The second-order valence-corrected chi connectivity index (χ2v) is 7.28. The molecule has 124 valence electrons. The van der Waals surface area contributed by atoms with E-state index < -0.39 is 0 Å². The highest BCUT2D eigenvalue weighted by molar-refractivity contribution is 5.69. The van der Waals surface area contributed by atoms with Gasteiger partial charge in [0.1, 0.15) is 22.8 Å². The molecule has 2 aromatic rings. The molecule has 1 atom stereocenters. The second kappa shape index (κ2) is 5.30. The number of phenols is 1. The first kappa shape index (κ1) is 15.1. The van der Waals surface area contributed by atoms with Crippen molar-refractivity contribution in [1.82, 2.24) is 0 Å². The molecule has 0 amide bonds. The average Bonchev–Trinajstić information content (AvgIpc) is 2.53. The first-order valence-electron chi connectivity index (χ1n) is 8.39. The van der Waals surface area contributed by atoms with Crippen LogP contribution in [0.2, 0.25) is 0 Å². The summed E-state index contributed by atoms with van der Waals surface area (Å²) in [5, 5.41) is 10.3. The van der Waals surface area contributed by atoms with Gasteiger partial charge in [0.25, 0.3) is 0 Å². The lowest BCUT2D eigenvalue weighted by Gasteiger charge is -2.32. The van der Waals surface area contributed by atoms with Crippen LogP contribution in [-0.4, -0.2) is 17.3 Å². The SMILES string of the molecule is Cc1ccc([C@@H]2COc3c(ccc4c3C=CC(C)(C)O4)C2)c(O)c1. The van der Waals surface area contributed by atoms with Gasteiger partial charge in [0.05, 0.1) is 12.2 Å². The molecule has 3 heteroatoms. The summed E-state index contributed by atoms with van der Waals surface area (Å²) in [6.45, 7) is 6.64. The zero-order valence-corrected chi connectivity index (χ0v) is 14.3. The molecule has 2 aliphatic heterocycles. The predicted octanol–water partition coefficient (Wildman–Crippen LogP) is 4.60. The van der Waals surface area contributed by atoms with Crippen molar-refractivity contribution in [1.29, 1.82) is 0 Å². The topological polar surface area (TPSA) is 38.7 Å². The van der Waals surface area contributed by atoms with Crippen molar-refractivity contribution in [2.75, 3.05) is 6.61 Å². The van der Waals surface area contributed by atoms with Gasteiger partial charge >= 0.3 is 0 Å². The lowest BCUT2D eigenvalue weighted by molar-refractivity contribution is 0.157. The molecular formula is C21H22O3. The van der Waals surface area contributed by atoms with E-state index in [1.165, 1.54) is 0 Å². The normalized spacial score (nSPS) is 20.5. The maximum absolute atomic E-state index is 10.3. The highest BCUT2D eigenvalue weighted by Gasteiger charge is 2.29. The lowest BCUT2D eigenvalue weighted by atomic mass is 9.87. The monoisotopic (exact) mass is 322 g/mol. The van der Waals surface area contributed by atoms with Crippen molar-refractivity contribution < 1.29 is 14.6 Å². The largest absolute Gasteiger partial charge is 0.508 e. The highest BCUT2D eigenvalue weighted by atomic mass is 16.5. The van der Waals surface area contributed by atoms with Crippen LogP contribution in [0.25, 0.3) is 6.08 Å². The second-order valence-electron chi connectivity index (χ2n) is 7.28. The van der Waals surface area contributed by atoms with Crippen molar-refractivity contribution in [2.24, 2.45) is 0 Å². The molecule has 3 nitrogen and oxygen atoms in total. The number of rotatable bonds is 1. The predicted molar refractivity (Wildman–Crippen MR) is 95.0 cm³/mol. The summed E-state index contributed by atoms with van der Waals surface area (Å²) in [7, 11) is 0.